The van der Waals surface area contributed by atoms with Crippen LogP contribution in [-0.4, -0.2) is 21.6 Å². The molecule has 2 aromatic heterocycles. The lowest BCUT2D eigenvalue weighted by Gasteiger charge is -2.16. The zero-order valence-electron chi connectivity index (χ0n) is 12.2. The van der Waals surface area contributed by atoms with Gasteiger partial charge < -0.3 is 10.6 Å². The second-order valence-electron chi connectivity index (χ2n) is 4.82. The molecule has 2 aromatic rings. The normalized spacial score (nSPS) is 12.0. The highest BCUT2D eigenvalue weighted by Crippen LogP contribution is 2.22. The van der Waals surface area contributed by atoms with Crippen molar-refractivity contribution in [3.63, 3.8) is 0 Å². The van der Waals surface area contributed by atoms with Crippen molar-refractivity contribution in [2.24, 2.45) is 7.05 Å². The van der Waals surface area contributed by atoms with Gasteiger partial charge >= 0.3 is 0 Å². The van der Waals surface area contributed by atoms with Crippen LogP contribution in [0.1, 0.15) is 30.0 Å². The van der Waals surface area contributed by atoms with Gasteiger partial charge in [-0.3, -0.25) is 14.3 Å². The molecule has 0 bridgehead atoms. The monoisotopic (exact) mass is 306 g/mol. The molecule has 1 atom stereocenters. The van der Waals surface area contributed by atoms with E-state index in [1.54, 1.807) is 17.8 Å². The third kappa shape index (κ3) is 4.16. The highest BCUT2D eigenvalue weighted by Gasteiger charge is 2.18. The first-order valence-corrected chi connectivity index (χ1v) is 7.44. The quantitative estimate of drug-likeness (QED) is 0.887. The van der Waals surface area contributed by atoms with Crippen molar-refractivity contribution >= 4 is 29.0 Å². The van der Waals surface area contributed by atoms with Crippen molar-refractivity contribution < 1.29 is 9.59 Å². The summed E-state index contributed by atoms with van der Waals surface area (Å²) in [7, 11) is 1.77. The van der Waals surface area contributed by atoms with Gasteiger partial charge in [0, 0.05) is 24.9 Å². The van der Waals surface area contributed by atoms with Crippen LogP contribution in [0.5, 0.6) is 0 Å². The number of aryl methyl sites for hydroxylation is 2. The van der Waals surface area contributed by atoms with E-state index in [1.165, 1.54) is 18.3 Å². The summed E-state index contributed by atoms with van der Waals surface area (Å²) in [5.41, 5.74) is 0.837. The first-order valence-electron chi connectivity index (χ1n) is 6.56. The number of nitrogens with zero attached hydrogens (tertiary/aromatic N) is 2. The van der Waals surface area contributed by atoms with Crippen LogP contribution in [0.4, 0.5) is 5.82 Å². The molecule has 7 heteroatoms. The molecule has 0 saturated heterocycles. The molecule has 0 radical (unpaired) electrons. The number of hydrogen-bond acceptors (Lipinski definition) is 4. The first-order chi connectivity index (χ1) is 9.95. The second kappa shape index (κ2) is 6.53. The lowest BCUT2D eigenvalue weighted by molar-refractivity contribution is -0.120. The number of thiophene rings is 1. The molecule has 2 rings (SSSR count). The Balaban J connectivity index is 2.04. The van der Waals surface area contributed by atoms with E-state index in [4.69, 9.17) is 0 Å². The Labute approximate surface area is 127 Å². The predicted molar refractivity (Wildman–Crippen MR) is 82.1 cm³/mol. The summed E-state index contributed by atoms with van der Waals surface area (Å²) >= 11 is 1.52. The molecule has 0 aliphatic carbocycles. The molecule has 0 aromatic carbocycles. The number of amides is 2. The minimum atomic E-state index is -0.308. The van der Waals surface area contributed by atoms with E-state index in [0.29, 0.717) is 5.82 Å². The van der Waals surface area contributed by atoms with Crippen molar-refractivity contribution in [1.29, 1.82) is 0 Å². The Hall–Kier alpha value is -2.15. The Bertz CT molecular complexity index is 633. The average Bonchev–Trinajstić information content (AvgIpc) is 2.98. The zero-order valence-corrected chi connectivity index (χ0v) is 13.0. The zero-order chi connectivity index (χ0) is 15.4. The number of aromatic nitrogens is 2. The molecule has 2 amide bonds. The lowest BCUT2D eigenvalue weighted by atomic mass is 10.1. The molecule has 0 spiro atoms. The second-order valence-corrected chi connectivity index (χ2v) is 5.79. The fraction of sp³-hybridized carbons (Fsp3) is 0.357. The Morgan fingerprint density at radius 1 is 1.48 bits per heavy atom. The smallest absolute Gasteiger partial charge is 0.227 e. The van der Waals surface area contributed by atoms with Crippen LogP contribution in [0.25, 0.3) is 0 Å². The molecule has 0 aliphatic rings. The molecule has 0 unspecified atom stereocenters. The van der Waals surface area contributed by atoms with E-state index in [2.05, 4.69) is 15.7 Å². The highest BCUT2D eigenvalue weighted by molar-refractivity contribution is 7.10. The van der Waals surface area contributed by atoms with Gasteiger partial charge in [-0.05, 0) is 18.4 Å². The van der Waals surface area contributed by atoms with E-state index < -0.39 is 0 Å². The summed E-state index contributed by atoms with van der Waals surface area (Å²) in [6, 6.07) is 5.30. The molecule has 21 heavy (non-hydrogen) atoms. The van der Waals surface area contributed by atoms with Crippen LogP contribution in [-0.2, 0) is 16.6 Å². The van der Waals surface area contributed by atoms with Crippen LogP contribution in [0.15, 0.2) is 23.6 Å². The predicted octanol–water partition coefficient (Wildman–Crippen LogP) is 2.00. The van der Waals surface area contributed by atoms with Crippen molar-refractivity contribution in [3.05, 3.63) is 34.2 Å². The average molecular weight is 306 g/mol. The fourth-order valence-corrected chi connectivity index (χ4v) is 2.84. The minimum absolute atomic E-state index is 0.155. The van der Waals surface area contributed by atoms with Gasteiger partial charge in [0.05, 0.1) is 18.2 Å². The van der Waals surface area contributed by atoms with E-state index in [1.807, 2.05) is 24.4 Å². The summed E-state index contributed by atoms with van der Waals surface area (Å²) < 4.78 is 1.62. The third-order valence-corrected chi connectivity index (χ3v) is 3.91. The van der Waals surface area contributed by atoms with E-state index >= 15 is 0 Å². The number of carbonyl (C=O) groups is 2. The van der Waals surface area contributed by atoms with Crippen LogP contribution in [0.2, 0.25) is 0 Å². The molecule has 6 nitrogen and oxygen atoms in total. The third-order valence-electron chi connectivity index (χ3n) is 2.92. The van der Waals surface area contributed by atoms with Gasteiger partial charge in [0.15, 0.2) is 0 Å². The van der Waals surface area contributed by atoms with E-state index in [9.17, 15) is 9.59 Å². The van der Waals surface area contributed by atoms with E-state index in [-0.39, 0.29) is 24.3 Å². The highest BCUT2D eigenvalue weighted by atomic mass is 32.1. The van der Waals surface area contributed by atoms with Gasteiger partial charge in [-0.1, -0.05) is 6.07 Å². The molecule has 112 valence electrons. The topological polar surface area (TPSA) is 76.0 Å². The SMILES string of the molecule is CC(=O)N[C@@H](CC(=O)Nc1cc(C)nn1C)c1cccs1. The number of anilines is 1. The molecule has 0 fully saturated rings. The maximum Gasteiger partial charge on any atom is 0.227 e. The summed E-state index contributed by atoms with van der Waals surface area (Å²) in [5, 5.41) is 11.7. The Morgan fingerprint density at radius 3 is 2.76 bits per heavy atom. The van der Waals surface area contributed by atoms with Crippen molar-refractivity contribution in [3.8, 4) is 0 Å². The van der Waals surface area contributed by atoms with Crippen LogP contribution >= 0.6 is 11.3 Å². The van der Waals surface area contributed by atoms with Crippen LogP contribution in [0.3, 0.4) is 0 Å². The van der Waals surface area contributed by atoms with Gasteiger partial charge in [0.2, 0.25) is 11.8 Å². The molecular weight excluding hydrogens is 288 g/mol. The van der Waals surface area contributed by atoms with Gasteiger partial charge in [-0.15, -0.1) is 11.3 Å². The van der Waals surface area contributed by atoms with Gasteiger partial charge in [0.25, 0.3) is 0 Å². The lowest BCUT2D eigenvalue weighted by Crippen LogP contribution is -2.29. The number of nitrogens with one attached hydrogen (secondary N) is 2. The number of rotatable bonds is 5. The van der Waals surface area contributed by atoms with Crippen LogP contribution < -0.4 is 10.6 Å². The van der Waals surface area contributed by atoms with Crippen molar-refractivity contribution in [2.75, 3.05) is 5.32 Å². The molecule has 2 heterocycles. The standard InChI is InChI=1S/C14H18N4O2S/c1-9-7-13(18(3)17-9)16-14(20)8-11(15-10(2)19)12-5-4-6-21-12/h4-7,11H,8H2,1-3H3,(H,15,19)(H,16,20)/t11-/m0/s1. The molecular formula is C14H18N4O2S. The van der Waals surface area contributed by atoms with Gasteiger partial charge in [0.1, 0.15) is 5.82 Å². The summed E-state index contributed by atoms with van der Waals surface area (Å²) in [4.78, 5) is 24.4. The summed E-state index contributed by atoms with van der Waals surface area (Å²) in [6.07, 6.45) is 0.185. The summed E-state index contributed by atoms with van der Waals surface area (Å²) in [6.45, 7) is 3.31. The molecule has 0 aliphatic heterocycles. The first kappa shape index (κ1) is 15.2. The number of carbonyl (C=O) groups excluding carboxylic acids is 2. The van der Waals surface area contributed by atoms with Gasteiger partial charge in [-0.25, -0.2) is 0 Å². The van der Waals surface area contributed by atoms with Crippen molar-refractivity contribution in [1.82, 2.24) is 15.1 Å². The van der Waals surface area contributed by atoms with Gasteiger partial charge in [-0.2, -0.15) is 5.10 Å². The largest absolute Gasteiger partial charge is 0.348 e. The minimum Gasteiger partial charge on any atom is -0.348 e. The van der Waals surface area contributed by atoms with Crippen LogP contribution in [0, 0.1) is 6.92 Å². The Kier molecular flexibility index (Phi) is 4.74. The maximum atomic E-state index is 12.2. The van der Waals surface area contributed by atoms with E-state index in [0.717, 1.165) is 10.6 Å². The summed E-state index contributed by atoms with van der Waals surface area (Å²) in [5.74, 6) is 0.327. The molecule has 2 N–H and O–H groups in total. The fourth-order valence-electron chi connectivity index (χ4n) is 2.06. The van der Waals surface area contributed by atoms with Crippen molar-refractivity contribution in [2.45, 2.75) is 26.3 Å². The number of hydrogen-bond donors (Lipinski definition) is 2. The Morgan fingerprint density at radius 2 is 2.24 bits per heavy atom. The molecule has 0 saturated carbocycles. The maximum absolute atomic E-state index is 12.2.